The maximum absolute atomic E-state index is 11.5. The number of aromatic nitrogens is 3. The molecule has 0 radical (unpaired) electrons. The van der Waals surface area contributed by atoms with E-state index in [1.54, 1.807) is 4.57 Å². The van der Waals surface area contributed by atoms with Gasteiger partial charge in [-0.05, 0) is 37.5 Å². The summed E-state index contributed by atoms with van der Waals surface area (Å²) in [7, 11) is -3.87. The lowest BCUT2D eigenvalue weighted by atomic mass is 10.1. The minimum atomic E-state index is -3.87. The van der Waals surface area contributed by atoms with Crippen LogP contribution in [0, 0.1) is 13.8 Å². The van der Waals surface area contributed by atoms with Crippen LogP contribution in [0.5, 0.6) is 0 Å². The molecule has 1 heterocycles. The van der Waals surface area contributed by atoms with Gasteiger partial charge in [0.25, 0.3) is 15.2 Å². The van der Waals surface area contributed by atoms with Crippen molar-refractivity contribution in [2.24, 2.45) is 5.14 Å². The average Bonchev–Trinajstić information content (AvgIpc) is 2.77. The van der Waals surface area contributed by atoms with Gasteiger partial charge in [0.15, 0.2) is 5.82 Å². The van der Waals surface area contributed by atoms with Crippen LogP contribution >= 0.6 is 0 Å². The number of nitrogens with two attached hydrogens (primary N) is 1. The van der Waals surface area contributed by atoms with Crippen LogP contribution < -0.4 is 5.14 Å². The lowest BCUT2D eigenvalue weighted by Crippen LogP contribution is -2.19. The van der Waals surface area contributed by atoms with E-state index in [-0.39, 0.29) is 5.16 Å². The third-order valence-electron chi connectivity index (χ3n) is 3.18. The summed E-state index contributed by atoms with van der Waals surface area (Å²) in [5.41, 5.74) is 3.12. The summed E-state index contributed by atoms with van der Waals surface area (Å²) in [4.78, 5) is 0. The molecule has 0 bridgehead atoms. The molecule has 7 heteroatoms. The van der Waals surface area contributed by atoms with E-state index in [1.165, 1.54) is 5.56 Å². The minimum Gasteiger partial charge on any atom is -0.297 e. The van der Waals surface area contributed by atoms with Crippen molar-refractivity contribution < 1.29 is 8.42 Å². The smallest absolute Gasteiger partial charge is 0.273 e. The quantitative estimate of drug-likeness (QED) is 0.927. The zero-order valence-corrected chi connectivity index (χ0v) is 12.6. The van der Waals surface area contributed by atoms with Crippen LogP contribution in [-0.2, 0) is 16.6 Å². The first-order chi connectivity index (χ1) is 9.34. The van der Waals surface area contributed by atoms with Crippen molar-refractivity contribution >= 4 is 10.0 Å². The van der Waals surface area contributed by atoms with Crippen molar-refractivity contribution in [3.05, 3.63) is 29.3 Å². The first kappa shape index (κ1) is 14.7. The van der Waals surface area contributed by atoms with Gasteiger partial charge in [0.1, 0.15) is 0 Å². The lowest BCUT2D eigenvalue weighted by Gasteiger charge is -2.09. The molecule has 6 nitrogen and oxygen atoms in total. The van der Waals surface area contributed by atoms with E-state index in [9.17, 15) is 8.42 Å². The molecule has 0 spiro atoms. The molecule has 0 unspecified atom stereocenters. The van der Waals surface area contributed by atoms with Crippen molar-refractivity contribution in [3.8, 4) is 11.4 Å². The Hall–Kier alpha value is -1.73. The van der Waals surface area contributed by atoms with Crippen molar-refractivity contribution in [3.63, 3.8) is 0 Å². The van der Waals surface area contributed by atoms with Crippen molar-refractivity contribution in [1.29, 1.82) is 0 Å². The fourth-order valence-corrected chi connectivity index (χ4v) is 2.66. The van der Waals surface area contributed by atoms with Gasteiger partial charge in [0.2, 0.25) is 0 Å². The Kier molecular flexibility index (Phi) is 3.92. The molecule has 0 aliphatic rings. The number of benzene rings is 1. The Morgan fingerprint density at radius 3 is 2.45 bits per heavy atom. The number of hydrogen-bond acceptors (Lipinski definition) is 4. The predicted molar refractivity (Wildman–Crippen MR) is 76.6 cm³/mol. The molecular formula is C13H18N4O2S. The Morgan fingerprint density at radius 1 is 1.20 bits per heavy atom. The molecule has 1 aromatic carbocycles. The summed E-state index contributed by atoms with van der Waals surface area (Å²) in [5.74, 6) is 0.527. The minimum absolute atomic E-state index is 0.187. The lowest BCUT2D eigenvalue weighted by molar-refractivity contribution is 0.559. The van der Waals surface area contributed by atoms with Crippen molar-refractivity contribution in [2.45, 2.75) is 38.9 Å². The number of aryl methyl sites for hydroxylation is 2. The molecule has 0 saturated carbocycles. The van der Waals surface area contributed by atoms with Crippen LogP contribution in [0.4, 0.5) is 0 Å². The average molecular weight is 294 g/mol. The van der Waals surface area contributed by atoms with Crippen LogP contribution in [0.3, 0.4) is 0 Å². The molecular weight excluding hydrogens is 276 g/mol. The Bertz CT molecular complexity index is 735. The Labute approximate surface area is 118 Å². The molecule has 0 aliphatic heterocycles. The van der Waals surface area contributed by atoms with E-state index >= 15 is 0 Å². The Morgan fingerprint density at radius 2 is 1.90 bits per heavy atom. The summed E-state index contributed by atoms with van der Waals surface area (Å²) in [6.45, 7) is 6.48. The van der Waals surface area contributed by atoms with Gasteiger partial charge < -0.3 is 0 Å². The maximum atomic E-state index is 11.5. The normalized spacial score (nSPS) is 11.8. The third-order valence-corrected chi connectivity index (χ3v) is 3.99. The summed E-state index contributed by atoms with van der Waals surface area (Å²) in [5, 5.41) is 12.7. The fraction of sp³-hybridized carbons (Fsp3) is 0.385. The first-order valence-electron chi connectivity index (χ1n) is 6.38. The van der Waals surface area contributed by atoms with Gasteiger partial charge in [-0.2, -0.15) is 0 Å². The monoisotopic (exact) mass is 294 g/mol. The molecule has 1 aromatic heterocycles. The second kappa shape index (κ2) is 5.34. The van der Waals surface area contributed by atoms with Crippen LogP contribution in [0.2, 0.25) is 0 Å². The zero-order valence-electron chi connectivity index (χ0n) is 11.8. The van der Waals surface area contributed by atoms with Gasteiger partial charge in [-0.25, -0.2) is 13.6 Å². The summed E-state index contributed by atoms with van der Waals surface area (Å²) >= 11 is 0. The summed E-state index contributed by atoms with van der Waals surface area (Å²) < 4.78 is 24.7. The number of rotatable bonds is 4. The Balaban J connectivity index is 2.62. The second-order valence-electron chi connectivity index (χ2n) is 4.80. The molecule has 108 valence electrons. The summed E-state index contributed by atoms with van der Waals surface area (Å²) in [6, 6.07) is 5.86. The number of hydrogen-bond donors (Lipinski definition) is 1. The highest BCUT2D eigenvalue weighted by Gasteiger charge is 2.21. The van der Waals surface area contributed by atoms with Crippen LogP contribution in [-0.4, -0.2) is 23.2 Å². The molecule has 2 N–H and O–H groups in total. The van der Waals surface area contributed by atoms with E-state index < -0.39 is 10.0 Å². The van der Waals surface area contributed by atoms with E-state index in [1.807, 2.05) is 39.0 Å². The topological polar surface area (TPSA) is 90.9 Å². The zero-order chi connectivity index (χ0) is 14.9. The highest BCUT2D eigenvalue weighted by Crippen LogP contribution is 2.22. The number of nitrogens with zero attached hydrogens (tertiary/aromatic N) is 3. The van der Waals surface area contributed by atoms with E-state index in [0.29, 0.717) is 12.4 Å². The summed E-state index contributed by atoms with van der Waals surface area (Å²) in [6.07, 6.45) is 0.762. The number of sulfonamides is 1. The van der Waals surface area contributed by atoms with Crippen LogP contribution in [0.25, 0.3) is 11.4 Å². The SMILES string of the molecule is CCCn1c(-c2ccc(C)c(C)c2)nnc1S(N)(=O)=O. The maximum Gasteiger partial charge on any atom is 0.273 e. The molecule has 0 atom stereocenters. The standard InChI is InChI=1S/C13H18N4O2S/c1-4-7-17-12(15-16-13(17)20(14,18)19)11-6-5-9(2)10(3)8-11/h5-6,8H,4,7H2,1-3H3,(H2,14,18,19). The van der Waals surface area contributed by atoms with Gasteiger partial charge >= 0.3 is 0 Å². The fourth-order valence-electron chi connectivity index (χ4n) is 2.02. The van der Waals surface area contributed by atoms with Gasteiger partial charge in [-0.15, -0.1) is 10.2 Å². The van der Waals surface area contributed by atoms with Gasteiger partial charge in [0, 0.05) is 12.1 Å². The first-order valence-corrected chi connectivity index (χ1v) is 7.93. The van der Waals surface area contributed by atoms with E-state index in [4.69, 9.17) is 5.14 Å². The van der Waals surface area contributed by atoms with Gasteiger partial charge in [0.05, 0.1) is 0 Å². The number of primary sulfonamides is 1. The predicted octanol–water partition coefficient (Wildman–Crippen LogP) is 1.62. The van der Waals surface area contributed by atoms with E-state index in [2.05, 4.69) is 10.2 Å². The molecule has 0 fully saturated rings. The van der Waals surface area contributed by atoms with Crippen molar-refractivity contribution in [1.82, 2.24) is 14.8 Å². The molecule has 20 heavy (non-hydrogen) atoms. The van der Waals surface area contributed by atoms with E-state index in [0.717, 1.165) is 17.5 Å². The molecule has 0 amide bonds. The molecule has 2 rings (SSSR count). The van der Waals surface area contributed by atoms with Crippen LogP contribution in [0.1, 0.15) is 24.5 Å². The third kappa shape index (κ3) is 2.73. The molecule has 0 aliphatic carbocycles. The largest absolute Gasteiger partial charge is 0.297 e. The highest BCUT2D eigenvalue weighted by atomic mass is 32.2. The van der Waals surface area contributed by atoms with Crippen molar-refractivity contribution in [2.75, 3.05) is 0 Å². The van der Waals surface area contributed by atoms with Crippen LogP contribution in [0.15, 0.2) is 23.4 Å². The molecule has 0 saturated heterocycles. The second-order valence-corrected chi connectivity index (χ2v) is 6.26. The van der Waals surface area contributed by atoms with Gasteiger partial charge in [-0.1, -0.05) is 19.1 Å². The van der Waals surface area contributed by atoms with Gasteiger partial charge in [-0.3, -0.25) is 4.57 Å². The molecule has 2 aromatic rings. The highest BCUT2D eigenvalue weighted by molar-refractivity contribution is 7.89.